The maximum Gasteiger partial charge on any atom is 0.573 e. The number of hydrogen-bond acceptors (Lipinski definition) is 5. The first-order valence-electron chi connectivity index (χ1n) is 8.51. The fourth-order valence-corrected chi connectivity index (χ4v) is 3.28. The molecule has 1 N–H and O–H groups in total. The lowest BCUT2D eigenvalue weighted by atomic mass is 10.1. The summed E-state index contributed by atoms with van der Waals surface area (Å²) in [5.74, 6) is -1.80. The Labute approximate surface area is 173 Å². The number of nitrogens with zero attached hydrogens (tertiary/aromatic N) is 1. The van der Waals surface area contributed by atoms with Crippen LogP contribution in [0.25, 0.3) is 10.9 Å². The van der Waals surface area contributed by atoms with Crippen LogP contribution < -0.4 is 4.74 Å². The Morgan fingerprint density at radius 1 is 1.17 bits per heavy atom. The molecular formula is C20H15ClF3NO5. The lowest BCUT2D eigenvalue weighted by molar-refractivity contribution is -0.274. The van der Waals surface area contributed by atoms with Gasteiger partial charge in [-0.2, -0.15) is 0 Å². The van der Waals surface area contributed by atoms with E-state index in [0.29, 0.717) is 22.2 Å². The summed E-state index contributed by atoms with van der Waals surface area (Å²) in [7, 11) is 1.22. The third-order valence-electron chi connectivity index (χ3n) is 4.49. The molecule has 0 saturated heterocycles. The molecular weight excluding hydrogens is 427 g/mol. The number of aromatic hydroxyl groups is 1. The Morgan fingerprint density at radius 2 is 1.80 bits per heavy atom. The summed E-state index contributed by atoms with van der Waals surface area (Å²) in [6, 6.07) is 7.14. The standard InChI is InChI=1S/C20H15ClF3NO5/c1-10-13(8-18(27)29-2)14-7-17(26)15(21)9-16(14)25(10)19(28)11-3-5-12(6-4-11)30-20(22,23)24/h3-7,9,26H,8H2,1-2H3. The number of phenols is 1. The number of carbonyl (C=O) groups is 2. The zero-order valence-corrected chi connectivity index (χ0v) is 16.5. The minimum atomic E-state index is -4.85. The van der Waals surface area contributed by atoms with Crippen molar-refractivity contribution in [1.82, 2.24) is 4.57 Å². The molecule has 6 nitrogen and oxygen atoms in total. The van der Waals surface area contributed by atoms with E-state index in [4.69, 9.17) is 16.3 Å². The van der Waals surface area contributed by atoms with E-state index in [1.165, 1.54) is 35.9 Å². The second kappa shape index (κ2) is 7.91. The van der Waals surface area contributed by atoms with Crippen molar-refractivity contribution >= 4 is 34.4 Å². The summed E-state index contributed by atoms with van der Waals surface area (Å²) in [4.78, 5) is 24.9. The van der Waals surface area contributed by atoms with Gasteiger partial charge in [0.15, 0.2) is 0 Å². The topological polar surface area (TPSA) is 77.8 Å². The van der Waals surface area contributed by atoms with Crippen LogP contribution in [0, 0.1) is 6.92 Å². The van der Waals surface area contributed by atoms with Crippen molar-refractivity contribution in [2.45, 2.75) is 19.7 Å². The molecule has 10 heteroatoms. The molecule has 3 rings (SSSR count). The number of ether oxygens (including phenoxy) is 2. The van der Waals surface area contributed by atoms with Crippen molar-refractivity contribution < 1.29 is 37.3 Å². The molecule has 0 radical (unpaired) electrons. The first-order valence-corrected chi connectivity index (χ1v) is 8.89. The van der Waals surface area contributed by atoms with Crippen LogP contribution >= 0.6 is 11.6 Å². The molecule has 30 heavy (non-hydrogen) atoms. The maximum absolute atomic E-state index is 13.1. The Morgan fingerprint density at radius 3 is 2.37 bits per heavy atom. The van der Waals surface area contributed by atoms with E-state index in [1.54, 1.807) is 6.92 Å². The van der Waals surface area contributed by atoms with Gasteiger partial charge in [0.2, 0.25) is 0 Å². The van der Waals surface area contributed by atoms with Gasteiger partial charge in [0.05, 0.1) is 24.1 Å². The third kappa shape index (κ3) is 4.20. The normalized spacial score (nSPS) is 11.5. The molecule has 158 valence electrons. The van der Waals surface area contributed by atoms with E-state index >= 15 is 0 Å². The van der Waals surface area contributed by atoms with E-state index in [9.17, 15) is 27.9 Å². The molecule has 1 aromatic heterocycles. The van der Waals surface area contributed by atoms with Crippen LogP contribution in [0.3, 0.4) is 0 Å². The van der Waals surface area contributed by atoms with Gasteiger partial charge in [-0.15, -0.1) is 13.2 Å². The Balaban J connectivity index is 2.10. The van der Waals surface area contributed by atoms with E-state index in [-0.39, 0.29) is 22.8 Å². The summed E-state index contributed by atoms with van der Waals surface area (Å²) in [6.45, 7) is 1.60. The van der Waals surface area contributed by atoms with Crippen LogP contribution in [0.15, 0.2) is 36.4 Å². The van der Waals surface area contributed by atoms with Crippen LogP contribution in [0.2, 0.25) is 5.02 Å². The van der Waals surface area contributed by atoms with Crippen LogP contribution in [0.4, 0.5) is 13.2 Å². The number of benzene rings is 2. The zero-order valence-electron chi connectivity index (χ0n) is 15.7. The highest BCUT2D eigenvalue weighted by atomic mass is 35.5. The second-order valence-corrected chi connectivity index (χ2v) is 6.76. The number of carbonyl (C=O) groups excluding carboxylic acids is 2. The maximum atomic E-state index is 13.1. The first-order chi connectivity index (χ1) is 14.0. The SMILES string of the molecule is COC(=O)Cc1c(C)n(C(=O)c2ccc(OC(F)(F)F)cc2)c2cc(Cl)c(O)cc12. The molecule has 0 bridgehead atoms. The van der Waals surface area contributed by atoms with E-state index in [2.05, 4.69) is 4.74 Å². The molecule has 0 spiro atoms. The average Bonchev–Trinajstić information content (AvgIpc) is 2.92. The van der Waals surface area contributed by atoms with Crippen molar-refractivity contribution in [2.75, 3.05) is 7.11 Å². The van der Waals surface area contributed by atoms with Gasteiger partial charge < -0.3 is 14.6 Å². The Bertz CT molecular complexity index is 1140. The monoisotopic (exact) mass is 441 g/mol. The third-order valence-corrected chi connectivity index (χ3v) is 4.79. The molecule has 0 amide bonds. The van der Waals surface area contributed by atoms with Crippen molar-refractivity contribution in [3.8, 4) is 11.5 Å². The van der Waals surface area contributed by atoms with Crippen LogP contribution in [-0.2, 0) is 16.0 Å². The first kappa shape index (κ1) is 21.5. The molecule has 0 unspecified atom stereocenters. The summed E-state index contributed by atoms with van der Waals surface area (Å²) in [5, 5.41) is 10.4. The minimum Gasteiger partial charge on any atom is -0.506 e. The largest absolute Gasteiger partial charge is 0.573 e. The number of halogens is 4. The van der Waals surface area contributed by atoms with Gasteiger partial charge in [-0.3, -0.25) is 14.2 Å². The highest BCUT2D eigenvalue weighted by molar-refractivity contribution is 6.33. The summed E-state index contributed by atoms with van der Waals surface area (Å²) < 4.78 is 46.8. The number of aromatic nitrogens is 1. The Hall–Kier alpha value is -3.20. The van der Waals surface area contributed by atoms with Gasteiger partial charge in [-0.05, 0) is 48.9 Å². The predicted molar refractivity (Wildman–Crippen MR) is 102 cm³/mol. The number of hydrogen-bond donors (Lipinski definition) is 1. The highest BCUT2D eigenvalue weighted by Crippen LogP contribution is 2.35. The zero-order chi connectivity index (χ0) is 22.2. The van der Waals surface area contributed by atoms with Gasteiger partial charge in [-0.25, -0.2) is 0 Å². The molecule has 0 aliphatic heterocycles. The van der Waals surface area contributed by atoms with Crippen LogP contribution in [0.1, 0.15) is 21.6 Å². The fraction of sp³-hybridized carbons (Fsp3) is 0.200. The van der Waals surface area contributed by atoms with Gasteiger partial charge >= 0.3 is 12.3 Å². The number of rotatable bonds is 4. The number of esters is 1. The van der Waals surface area contributed by atoms with Crippen molar-refractivity contribution in [1.29, 1.82) is 0 Å². The van der Waals surface area contributed by atoms with Crippen molar-refractivity contribution in [3.05, 3.63) is 58.2 Å². The molecule has 3 aromatic rings. The molecule has 2 aromatic carbocycles. The van der Waals surface area contributed by atoms with E-state index in [0.717, 1.165) is 12.1 Å². The van der Waals surface area contributed by atoms with E-state index < -0.39 is 24.0 Å². The van der Waals surface area contributed by atoms with Gasteiger partial charge in [0.1, 0.15) is 11.5 Å². The Kier molecular flexibility index (Phi) is 5.67. The van der Waals surface area contributed by atoms with E-state index in [1.807, 2.05) is 0 Å². The van der Waals surface area contributed by atoms with Crippen LogP contribution in [0.5, 0.6) is 11.5 Å². The van der Waals surface area contributed by atoms with Gasteiger partial charge in [-0.1, -0.05) is 11.6 Å². The quantitative estimate of drug-likeness (QED) is 0.598. The lowest BCUT2D eigenvalue weighted by Crippen LogP contribution is -2.17. The number of alkyl halides is 3. The number of methoxy groups -OCH3 is 1. The van der Waals surface area contributed by atoms with Crippen molar-refractivity contribution in [2.24, 2.45) is 0 Å². The molecule has 1 heterocycles. The highest BCUT2D eigenvalue weighted by Gasteiger charge is 2.31. The molecule has 0 saturated carbocycles. The summed E-state index contributed by atoms with van der Waals surface area (Å²) >= 11 is 6.00. The fourth-order valence-electron chi connectivity index (χ4n) is 3.12. The number of fused-ring (bicyclic) bond motifs is 1. The average molecular weight is 442 g/mol. The van der Waals surface area contributed by atoms with Gasteiger partial charge in [0, 0.05) is 16.6 Å². The summed E-state index contributed by atoms with van der Waals surface area (Å²) in [6.07, 6.45) is -5.00. The smallest absolute Gasteiger partial charge is 0.506 e. The van der Waals surface area contributed by atoms with Crippen molar-refractivity contribution in [3.63, 3.8) is 0 Å². The second-order valence-electron chi connectivity index (χ2n) is 6.35. The number of phenolic OH excluding ortho intramolecular Hbond substituents is 1. The van der Waals surface area contributed by atoms with Gasteiger partial charge in [0.25, 0.3) is 5.91 Å². The molecule has 0 aliphatic rings. The molecule has 0 atom stereocenters. The summed E-state index contributed by atoms with van der Waals surface area (Å²) in [5.41, 5.74) is 1.26. The molecule has 0 aliphatic carbocycles. The molecule has 0 fully saturated rings. The lowest BCUT2D eigenvalue weighted by Gasteiger charge is -2.11. The van der Waals surface area contributed by atoms with Crippen LogP contribution in [-0.4, -0.2) is 35.0 Å². The predicted octanol–water partition coefficient (Wildman–Crippen LogP) is 4.61. The minimum absolute atomic E-state index is 0.00686.